The molecule has 54 valence electrons. The Morgan fingerprint density at radius 2 is 2.40 bits per heavy atom. The maximum Gasteiger partial charge on any atom is 0.130 e. The summed E-state index contributed by atoms with van der Waals surface area (Å²) in [7, 11) is 0. The minimum absolute atomic E-state index is 0.115. The molecule has 0 saturated heterocycles. The molecule has 1 N–H and O–H groups in total. The van der Waals surface area contributed by atoms with Crippen molar-refractivity contribution in [2.75, 3.05) is 6.61 Å². The van der Waals surface area contributed by atoms with Gasteiger partial charge in [-0.15, -0.1) is 0 Å². The molecule has 1 rings (SSSR count). The van der Waals surface area contributed by atoms with Crippen molar-refractivity contribution >= 4 is 0 Å². The van der Waals surface area contributed by atoms with E-state index in [1.165, 1.54) is 0 Å². The van der Waals surface area contributed by atoms with Gasteiger partial charge in [-0.25, -0.2) is 9.97 Å². The van der Waals surface area contributed by atoms with Crippen LogP contribution in [0.3, 0.4) is 0 Å². The van der Waals surface area contributed by atoms with Gasteiger partial charge in [0.25, 0.3) is 0 Å². The number of hydrogen-bond acceptors (Lipinski definition) is 3. The molecule has 3 nitrogen and oxygen atoms in total. The van der Waals surface area contributed by atoms with Crippen LogP contribution in [0.25, 0.3) is 0 Å². The third kappa shape index (κ3) is 1.77. The van der Waals surface area contributed by atoms with E-state index in [-0.39, 0.29) is 6.61 Å². The Bertz CT molecular complexity index is 213. The molecule has 0 atom stereocenters. The van der Waals surface area contributed by atoms with Gasteiger partial charge in [0.1, 0.15) is 5.82 Å². The van der Waals surface area contributed by atoms with Gasteiger partial charge in [-0.05, 0) is 13.0 Å². The van der Waals surface area contributed by atoms with Crippen LogP contribution in [0.2, 0.25) is 0 Å². The summed E-state index contributed by atoms with van der Waals surface area (Å²) >= 11 is 0. The Kier molecular flexibility index (Phi) is 2.34. The lowest BCUT2D eigenvalue weighted by atomic mass is 10.4. The molecule has 0 amide bonds. The van der Waals surface area contributed by atoms with Crippen LogP contribution in [0.1, 0.15) is 11.5 Å². The van der Waals surface area contributed by atoms with E-state index in [1.807, 2.05) is 13.0 Å². The van der Waals surface area contributed by atoms with Gasteiger partial charge in [0, 0.05) is 18.3 Å². The molecule has 0 aliphatic carbocycles. The predicted molar refractivity (Wildman–Crippen MR) is 37.6 cm³/mol. The zero-order valence-corrected chi connectivity index (χ0v) is 5.91. The summed E-state index contributed by atoms with van der Waals surface area (Å²) in [6.45, 7) is 2.02. The van der Waals surface area contributed by atoms with Crippen molar-refractivity contribution in [1.29, 1.82) is 0 Å². The quantitative estimate of drug-likeness (QED) is 0.640. The second-order valence-electron chi connectivity index (χ2n) is 2.09. The molecule has 0 aromatic carbocycles. The van der Waals surface area contributed by atoms with Crippen molar-refractivity contribution < 1.29 is 5.11 Å². The van der Waals surface area contributed by atoms with E-state index < -0.39 is 0 Å². The number of hydrogen-bond donors (Lipinski definition) is 1. The molecule has 0 bridgehead atoms. The highest BCUT2D eigenvalue weighted by molar-refractivity contribution is 4.99. The van der Waals surface area contributed by atoms with Gasteiger partial charge in [0.2, 0.25) is 0 Å². The fourth-order valence-electron chi connectivity index (χ4n) is 0.721. The van der Waals surface area contributed by atoms with Crippen LogP contribution in [0.5, 0.6) is 0 Å². The van der Waals surface area contributed by atoms with Crippen LogP contribution in [0.15, 0.2) is 12.3 Å². The van der Waals surface area contributed by atoms with Gasteiger partial charge in [0.15, 0.2) is 0 Å². The van der Waals surface area contributed by atoms with Crippen molar-refractivity contribution in [2.45, 2.75) is 13.3 Å². The van der Waals surface area contributed by atoms with E-state index in [9.17, 15) is 0 Å². The van der Waals surface area contributed by atoms with Crippen LogP contribution >= 0.6 is 0 Å². The van der Waals surface area contributed by atoms with Gasteiger partial charge in [-0.3, -0.25) is 0 Å². The van der Waals surface area contributed by atoms with E-state index in [0.717, 1.165) is 5.69 Å². The fraction of sp³-hybridized carbons (Fsp3) is 0.429. The Labute approximate surface area is 59.8 Å². The van der Waals surface area contributed by atoms with E-state index in [1.54, 1.807) is 6.20 Å². The van der Waals surface area contributed by atoms with Crippen LogP contribution in [-0.2, 0) is 6.42 Å². The molecule has 0 saturated carbocycles. The van der Waals surface area contributed by atoms with Crippen molar-refractivity contribution in [3.63, 3.8) is 0 Å². The molecule has 0 aliphatic rings. The fourth-order valence-corrected chi connectivity index (χ4v) is 0.721. The van der Waals surface area contributed by atoms with Gasteiger partial charge in [-0.2, -0.15) is 0 Å². The first-order valence-electron chi connectivity index (χ1n) is 3.22. The second kappa shape index (κ2) is 3.27. The molecule has 1 aromatic rings. The van der Waals surface area contributed by atoms with Gasteiger partial charge >= 0.3 is 0 Å². The third-order valence-electron chi connectivity index (χ3n) is 1.18. The average Bonchev–Trinajstić information content (AvgIpc) is 1.88. The van der Waals surface area contributed by atoms with Gasteiger partial charge < -0.3 is 5.11 Å². The summed E-state index contributed by atoms with van der Waals surface area (Å²) in [6, 6.07) is 1.83. The smallest absolute Gasteiger partial charge is 0.130 e. The van der Waals surface area contributed by atoms with Crippen LogP contribution in [0, 0.1) is 6.92 Å². The zero-order chi connectivity index (χ0) is 7.40. The molecule has 0 unspecified atom stereocenters. The predicted octanol–water partition coefficient (Wildman–Crippen LogP) is 0.320. The molecule has 0 radical (unpaired) electrons. The Balaban J connectivity index is 2.75. The number of aliphatic hydroxyl groups is 1. The Morgan fingerprint density at radius 1 is 1.60 bits per heavy atom. The summed E-state index contributed by atoms with van der Waals surface area (Å²) in [4.78, 5) is 8.05. The standard InChI is InChI=1S/C7H10N2O/c1-6-2-4-8-7(9-6)3-5-10/h2,4,10H,3,5H2,1H3. The molecular weight excluding hydrogens is 128 g/mol. The first-order valence-corrected chi connectivity index (χ1v) is 3.22. The first kappa shape index (κ1) is 7.15. The highest BCUT2D eigenvalue weighted by Gasteiger charge is 1.92. The number of aliphatic hydroxyl groups excluding tert-OH is 1. The summed E-state index contributed by atoms with van der Waals surface area (Å²) < 4.78 is 0. The lowest BCUT2D eigenvalue weighted by Gasteiger charge is -1.95. The maximum absolute atomic E-state index is 8.53. The average molecular weight is 138 g/mol. The second-order valence-corrected chi connectivity index (χ2v) is 2.09. The van der Waals surface area contributed by atoms with Gasteiger partial charge in [0.05, 0.1) is 6.61 Å². The molecule has 0 fully saturated rings. The van der Waals surface area contributed by atoms with Crippen LogP contribution in [0.4, 0.5) is 0 Å². The van der Waals surface area contributed by atoms with E-state index in [0.29, 0.717) is 12.2 Å². The minimum Gasteiger partial charge on any atom is -0.396 e. The summed E-state index contributed by atoms with van der Waals surface area (Å²) in [6.07, 6.45) is 2.25. The molecule has 10 heavy (non-hydrogen) atoms. The lowest BCUT2D eigenvalue weighted by Crippen LogP contribution is -1.98. The van der Waals surface area contributed by atoms with Crippen molar-refractivity contribution in [1.82, 2.24) is 9.97 Å². The van der Waals surface area contributed by atoms with Crippen LogP contribution < -0.4 is 0 Å². The minimum atomic E-state index is 0.115. The summed E-state index contributed by atoms with van der Waals surface area (Å²) in [5, 5.41) is 8.53. The molecular formula is C7H10N2O. The number of nitrogens with zero attached hydrogens (tertiary/aromatic N) is 2. The molecule has 1 heterocycles. The first-order chi connectivity index (χ1) is 4.83. The molecule has 0 aliphatic heterocycles. The van der Waals surface area contributed by atoms with E-state index in [4.69, 9.17) is 5.11 Å². The molecule has 3 heteroatoms. The van der Waals surface area contributed by atoms with E-state index >= 15 is 0 Å². The normalized spacial score (nSPS) is 9.80. The van der Waals surface area contributed by atoms with Gasteiger partial charge in [-0.1, -0.05) is 0 Å². The number of aromatic nitrogens is 2. The topological polar surface area (TPSA) is 46.0 Å². The highest BCUT2D eigenvalue weighted by atomic mass is 16.3. The van der Waals surface area contributed by atoms with E-state index in [2.05, 4.69) is 9.97 Å². The SMILES string of the molecule is Cc1ccnc(CCO)n1. The Hall–Kier alpha value is -0.960. The molecule has 1 aromatic heterocycles. The molecule has 0 spiro atoms. The zero-order valence-electron chi connectivity index (χ0n) is 5.91. The monoisotopic (exact) mass is 138 g/mol. The van der Waals surface area contributed by atoms with Crippen molar-refractivity contribution in [2.24, 2.45) is 0 Å². The number of rotatable bonds is 2. The third-order valence-corrected chi connectivity index (χ3v) is 1.18. The number of aryl methyl sites for hydroxylation is 1. The maximum atomic E-state index is 8.53. The van der Waals surface area contributed by atoms with Crippen LogP contribution in [-0.4, -0.2) is 21.7 Å². The summed E-state index contributed by atoms with van der Waals surface area (Å²) in [5.41, 5.74) is 0.943. The highest BCUT2D eigenvalue weighted by Crippen LogP contribution is 1.92. The van der Waals surface area contributed by atoms with Crippen molar-refractivity contribution in [3.05, 3.63) is 23.8 Å². The lowest BCUT2D eigenvalue weighted by molar-refractivity contribution is 0.296. The largest absolute Gasteiger partial charge is 0.396 e. The Morgan fingerprint density at radius 3 is 3.00 bits per heavy atom. The summed E-state index contributed by atoms with van der Waals surface area (Å²) in [5.74, 6) is 0.711. The van der Waals surface area contributed by atoms with Crippen molar-refractivity contribution in [3.8, 4) is 0 Å².